The highest BCUT2D eigenvalue weighted by Crippen LogP contribution is 2.24. The predicted octanol–water partition coefficient (Wildman–Crippen LogP) is 3.93. The Hall–Kier alpha value is -3.15. The van der Waals surface area contributed by atoms with Crippen LogP contribution in [0.25, 0.3) is 0 Å². The van der Waals surface area contributed by atoms with E-state index >= 15 is 0 Å². The van der Waals surface area contributed by atoms with E-state index in [9.17, 15) is 4.79 Å². The number of amides is 1. The van der Waals surface area contributed by atoms with Crippen LogP contribution in [-0.4, -0.2) is 55.5 Å². The van der Waals surface area contributed by atoms with Crippen LogP contribution in [0.5, 0.6) is 0 Å². The molecule has 2 aliphatic rings. The summed E-state index contributed by atoms with van der Waals surface area (Å²) in [6.07, 6.45) is 1.06. The largest absolute Gasteiger partial charge is 0.367 e. The molecule has 0 unspecified atom stereocenters. The molecule has 0 aliphatic carbocycles. The lowest BCUT2D eigenvalue weighted by Gasteiger charge is -2.32. The van der Waals surface area contributed by atoms with Gasteiger partial charge in [-0.3, -0.25) is 9.69 Å². The zero-order chi connectivity index (χ0) is 23.3. The van der Waals surface area contributed by atoms with Gasteiger partial charge in [0.2, 0.25) is 0 Å². The Labute approximate surface area is 203 Å². The first kappa shape index (κ1) is 22.6. The maximum atomic E-state index is 12.7. The van der Waals surface area contributed by atoms with Crippen LogP contribution in [0.1, 0.15) is 32.6 Å². The smallest absolute Gasteiger partial charge is 0.251 e. The number of hydrogen-bond acceptors (Lipinski definition) is 4. The van der Waals surface area contributed by atoms with E-state index in [2.05, 4.69) is 87.7 Å². The number of carbonyl (C=O) groups is 1. The molecule has 0 bridgehead atoms. The van der Waals surface area contributed by atoms with Crippen LogP contribution in [0, 0.1) is 0 Å². The monoisotopic (exact) mass is 454 g/mol. The van der Waals surface area contributed by atoms with Crippen molar-refractivity contribution >= 4 is 11.6 Å². The van der Waals surface area contributed by atoms with Crippen LogP contribution in [0.2, 0.25) is 0 Å². The second kappa shape index (κ2) is 10.4. The van der Waals surface area contributed by atoms with Crippen LogP contribution in [-0.2, 0) is 26.1 Å². The van der Waals surface area contributed by atoms with Gasteiger partial charge in [-0.1, -0.05) is 48.5 Å². The van der Waals surface area contributed by atoms with E-state index in [1.54, 1.807) is 0 Å². The van der Waals surface area contributed by atoms with Gasteiger partial charge in [0, 0.05) is 63.6 Å². The molecular weight excluding hydrogens is 420 g/mol. The van der Waals surface area contributed by atoms with E-state index in [1.807, 2.05) is 12.1 Å². The van der Waals surface area contributed by atoms with E-state index in [0.29, 0.717) is 12.1 Å². The lowest BCUT2D eigenvalue weighted by molar-refractivity contribution is 0.0951. The Bertz CT molecular complexity index is 1100. The van der Waals surface area contributed by atoms with E-state index in [4.69, 9.17) is 0 Å². The van der Waals surface area contributed by atoms with Crippen LogP contribution in [0.3, 0.4) is 0 Å². The molecule has 5 nitrogen and oxygen atoms in total. The van der Waals surface area contributed by atoms with Gasteiger partial charge in [0.25, 0.3) is 5.91 Å². The summed E-state index contributed by atoms with van der Waals surface area (Å²) in [5, 5.41) is 3.06. The highest BCUT2D eigenvalue weighted by molar-refractivity contribution is 5.94. The maximum Gasteiger partial charge on any atom is 0.251 e. The van der Waals surface area contributed by atoms with Crippen molar-refractivity contribution in [1.82, 2.24) is 15.1 Å². The second-order valence-electron chi connectivity index (χ2n) is 9.57. The number of likely N-dealkylation sites (N-methyl/N-ethyl adjacent to an activating group) is 1. The molecule has 1 amide bonds. The topological polar surface area (TPSA) is 38.8 Å². The standard InChI is InChI=1S/C29H34N4O/c1-31-16-18-32(19-17-31)21-24-8-6-23(7-9-24)20-30-29(34)26-10-12-28(13-11-26)33-15-14-25-4-2-3-5-27(25)22-33/h2-13H,14-22H2,1H3,(H,30,34). The number of fused-ring (bicyclic) bond motifs is 1. The zero-order valence-corrected chi connectivity index (χ0v) is 20.0. The fraction of sp³-hybridized carbons (Fsp3) is 0.345. The molecule has 0 atom stereocenters. The van der Waals surface area contributed by atoms with Gasteiger partial charge in [-0.15, -0.1) is 0 Å². The third kappa shape index (κ3) is 5.49. The second-order valence-corrected chi connectivity index (χ2v) is 9.57. The fourth-order valence-corrected chi connectivity index (χ4v) is 4.85. The van der Waals surface area contributed by atoms with Crippen molar-refractivity contribution in [2.24, 2.45) is 0 Å². The Balaban J connectivity index is 1.12. The average Bonchev–Trinajstić information content (AvgIpc) is 2.89. The minimum atomic E-state index is -0.0305. The van der Waals surface area contributed by atoms with Gasteiger partial charge in [-0.2, -0.15) is 0 Å². The number of hydrogen-bond donors (Lipinski definition) is 1. The normalized spacial score (nSPS) is 16.8. The van der Waals surface area contributed by atoms with Crippen molar-refractivity contribution in [2.45, 2.75) is 26.1 Å². The first-order chi connectivity index (χ1) is 16.6. The number of carbonyl (C=O) groups excluding carboxylic acids is 1. The van der Waals surface area contributed by atoms with Crippen LogP contribution in [0.4, 0.5) is 5.69 Å². The van der Waals surface area contributed by atoms with Crippen molar-refractivity contribution in [3.8, 4) is 0 Å². The van der Waals surface area contributed by atoms with Crippen molar-refractivity contribution in [1.29, 1.82) is 0 Å². The Morgan fingerprint density at radius 1 is 0.794 bits per heavy atom. The van der Waals surface area contributed by atoms with Crippen molar-refractivity contribution < 1.29 is 4.79 Å². The number of nitrogens with zero attached hydrogens (tertiary/aromatic N) is 3. The van der Waals surface area contributed by atoms with Gasteiger partial charge in [0.1, 0.15) is 0 Å². The average molecular weight is 455 g/mol. The summed E-state index contributed by atoms with van der Waals surface area (Å²) >= 11 is 0. The number of nitrogens with one attached hydrogen (secondary N) is 1. The molecule has 0 aromatic heterocycles. The Morgan fingerprint density at radius 3 is 2.21 bits per heavy atom. The first-order valence-corrected chi connectivity index (χ1v) is 12.3. The predicted molar refractivity (Wildman–Crippen MR) is 138 cm³/mol. The lowest BCUT2D eigenvalue weighted by atomic mass is 9.99. The van der Waals surface area contributed by atoms with Gasteiger partial charge in [0.05, 0.1) is 0 Å². The third-order valence-corrected chi connectivity index (χ3v) is 7.10. The lowest BCUT2D eigenvalue weighted by Crippen LogP contribution is -2.43. The summed E-state index contributed by atoms with van der Waals surface area (Å²) in [4.78, 5) is 20.0. The van der Waals surface area contributed by atoms with Gasteiger partial charge in [0.15, 0.2) is 0 Å². The highest BCUT2D eigenvalue weighted by atomic mass is 16.1. The number of benzene rings is 3. The fourth-order valence-electron chi connectivity index (χ4n) is 4.85. The Morgan fingerprint density at radius 2 is 1.47 bits per heavy atom. The molecule has 1 saturated heterocycles. The molecule has 5 heteroatoms. The van der Waals surface area contributed by atoms with Gasteiger partial charge < -0.3 is 15.1 Å². The molecule has 0 saturated carbocycles. The summed E-state index contributed by atoms with van der Waals surface area (Å²) in [6.45, 7) is 7.98. The first-order valence-electron chi connectivity index (χ1n) is 12.3. The van der Waals surface area contributed by atoms with Crippen LogP contribution >= 0.6 is 0 Å². The molecular formula is C29H34N4O. The molecule has 1 N–H and O–H groups in total. The quantitative estimate of drug-likeness (QED) is 0.613. The van der Waals surface area contributed by atoms with E-state index in [-0.39, 0.29) is 5.91 Å². The van der Waals surface area contributed by atoms with Crippen molar-refractivity contribution in [3.63, 3.8) is 0 Å². The number of rotatable bonds is 6. The molecule has 3 aromatic rings. The molecule has 3 aromatic carbocycles. The minimum absolute atomic E-state index is 0.0305. The molecule has 34 heavy (non-hydrogen) atoms. The van der Waals surface area contributed by atoms with Gasteiger partial charge in [-0.25, -0.2) is 0 Å². The maximum absolute atomic E-state index is 12.7. The molecule has 2 aliphatic heterocycles. The van der Waals surface area contributed by atoms with Gasteiger partial charge >= 0.3 is 0 Å². The molecule has 0 spiro atoms. The van der Waals surface area contributed by atoms with Crippen molar-refractivity contribution in [3.05, 3.63) is 101 Å². The van der Waals surface area contributed by atoms with Gasteiger partial charge in [-0.05, 0) is 60.0 Å². The molecule has 176 valence electrons. The summed E-state index contributed by atoms with van der Waals surface area (Å²) in [6, 6.07) is 25.3. The summed E-state index contributed by atoms with van der Waals surface area (Å²) in [5.74, 6) is -0.0305. The van der Waals surface area contributed by atoms with E-state index < -0.39 is 0 Å². The molecule has 1 fully saturated rings. The molecule has 2 heterocycles. The zero-order valence-electron chi connectivity index (χ0n) is 20.0. The van der Waals surface area contributed by atoms with Crippen LogP contribution < -0.4 is 10.2 Å². The summed E-state index contributed by atoms with van der Waals surface area (Å²) in [5.41, 5.74) is 7.16. The third-order valence-electron chi connectivity index (χ3n) is 7.10. The van der Waals surface area contributed by atoms with Crippen molar-refractivity contribution in [2.75, 3.05) is 44.7 Å². The highest BCUT2D eigenvalue weighted by Gasteiger charge is 2.17. The number of anilines is 1. The number of piperazine rings is 1. The molecule has 5 rings (SSSR count). The minimum Gasteiger partial charge on any atom is -0.367 e. The van der Waals surface area contributed by atoms with E-state index in [0.717, 1.165) is 57.8 Å². The summed E-state index contributed by atoms with van der Waals surface area (Å²) in [7, 11) is 2.18. The summed E-state index contributed by atoms with van der Waals surface area (Å²) < 4.78 is 0. The molecule has 0 radical (unpaired) electrons. The SMILES string of the molecule is CN1CCN(Cc2ccc(CNC(=O)c3ccc(N4CCc5ccccc5C4)cc3)cc2)CC1. The van der Waals surface area contributed by atoms with E-state index in [1.165, 1.54) is 22.4 Å². The van der Waals surface area contributed by atoms with Crippen LogP contribution in [0.15, 0.2) is 72.8 Å². The Kier molecular flexibility index (Phi) is 6.93.